The van der Waals surface area contributed by atoms with E-state index in [1.165, 1.54) is 0 Å². The maximum atomic E-state index is 13.3. The average molecular weight is 439 g/mol. The van der Waals surface area contributed by atoms with Crippen LogP contribution in [0.25, 0.3) is 5.57 Å². The van der Waals surface area contributed by atoms with E-state index in [-0.39, 0.29) is 16.2 Å². The van der Waals surface area contributed by atoms with Gasteiger partial charge in [0.25, 0.3) is 11.8 Å². The van der Waals surface area contributed by atoms with Crippen molar-refractivity contribution in [3.05, 3.63) is 100 Å². The number of thioether (sulfide) groups is 1. The number of halogens is 3. The number of alkyl halides is 3. The second-order valence-corrected chi connectivity index (χ2v) is 8.06. The van der Waals surface area contributed by atoms with E-state index >= 15 is 0 Å². The van der Waals surface area contributed by atoms with Gasteiger partial charge in [-0.3, -0.25) is 9.59 Å². The molecule has 2 amide bonds. The van der Waals surface area contributed by atoms with Gasteiger partial charge in [-0.25, -0.2) is 4.90 Å². The third-order valence-corrected chi connectivity index (χ3v) is 5.89. The molecule has 1 aliphatic rings. The molecule has 0 radical (unpaired) electrons. The molecule has 0 N–H and O–H groups in total. The fraction of sp³-hybridized carbons (Fsp3) is 0.0833. The Balaban J connectivity index is 1.77. The summed E-state index contributed by atoms with van der Waals surface area (Å²) in [6, 6.07) is 20.3. The molecule has 3 aromatic carbocycles. The molecular formula is C24H16F3NO2S. The summed E-state index contributed by atoms with van der Waals surface area (Å²) in [6.45, 7) is 1.91. The molecular weight excluding hydrogens is 423 g/mol. The van der Waals surface area contributed by atoms with Crippen LogP contribution < -0.4 is 4.90 Å². The monoisotopic (exact) mass is 439 g/mol. The number of imide groups is 1. The van der Waals surface area contributed by atoms with Crippen molar-refractivity contribution in [2.45, 2.75) is 18.0 Å². The largest absolute Gasteiger partial charge is 0.416 e. The first-order chi connectivity index (χ1) is 14.8. The van der Waals surface area contributed by atoms with Crippen LogP contribution in [0.3, 0.4) is 0 Å². The summed E-state index contributed by atoms with van der Waals surface area (Å²) in [5.41, 5.74) is 1.06. The molecule has 1 aliphatic heterocycles. The summed E-state index contributed by atoms with van der Waals surface area (Å²) in [7, 11) is 0. The maximum absolute atomic E-state index is 13.3. The molecule has 0 fully saturated rings. The van der Waals surface area contributed by atoms with Crippen LogP contribution in [0.15, 0.2) is 88.7 Å². The van der Waals surface area contributed by atoms with Gasteiger partial charge in [0.2, 0.25) is 0 Å². The summed E-state index contributed by atoms with van der Waals surface area (Å²) in [5, 5.41) is 0. The van der Waals surface area contributed by atoms with Gasteiger partial charge in [0.1, 0.15) is 0 Å². The molecule has 0 spiro atoms. The van der Waals surface area contributed by atoms with Crippen LogP contribution in [-0.2, 0) is 15.8 Å². The lowest BCUT2D eigenvalue weighted by Gasteiger charge is -2.16. The van der Waals surface area contributed by atoms with Crippen molar-refractivity contribution in [2.24, 2.45) is 0 Å². The number of rotatable bonds is 4. The Labute approximate surface area is 181 Å². The maximum Gasteiger partial charge on any atom is 0.416 e. The van der Waals surface area contributed by atoms with Crippen LogP contribution in [0.1, 0.15) is 16.7 Å². The number of benzene rings is 3. The van der Waals surface area contributed by atoms with Crippen LogP contribution in [0.5, 0.6) is 0 Å². The fourth-order valence-corrected chi connectivity index (χ4v) is 4.23. The smallest absolute Gasteiger partial charge is 0.268 e. The van der Waals surface area contributed by atoms with Crippen molar-refractivity contribution in [1.29, 1.82) is 0 Å². The van der Waals surface area contributed by atoms with Crippen LogP contribution >= 0.6 is 11.8 Å². The Bertz CT molecular complexity index is 1170. The number of anilines is 1. The number of nitrogens with zero attached hydrogens (tertiary/aromatic N) is 1. The normalized spacial score (nSPS) is 14.5. The van der Waals surface area contributed by atoms with Crippen molar-refractivity contribution in [3.63, 3.8) is 0 Å². The zero-order chi connectivity index (χ0) is 22.2. The van der Waals surface area contributed by atoms with E-state index in [9.17, 15) is 22.8 Å². The molecule has 0 atom stereocenters. The van der Waals surface area contributed by atoms with Crippen LogP contribution in [0, 0.1) is 6.92 Å². The molecule has 7 heteroatoms. The molecule has 156 valence electrons. The first kappa shape index (κ1) is 20.9. The van der Waals surface area contributed by atoms with Gasteiger partial charge in [0.15, 0.2) is 0 Å². The van der Waals surface area contributed by atoms with E-state index in [4.69, 9.17) is 0 Å². The molecule has 31 heavy (non-hydrogen) atoms. The molecule has 0 aliphatic carbocycles. The Morgan fingerprint density at radius 1 is 0.774 bits per heavy atom. The first-order valence-electron chi connectivity index (χ1n) is 9.36. The van der Waals surface area contributed by atoms with Crippen molar-refractivity contribution in [1.82, 2.24) is 0 Å². The number of amides is 2. The minimum atomic E-state index is -4.50. The van der Waals surface area contributed by atoms with Crippen molar-refractivity contribution in [3.8, 4) is 0 Å². The molecule has 3 aromatic rings. The quantitative estimate of drug-likeness (QED) is 0.462. The van der Waals surface area contributed by atoms with Crippen molar-refractivity contribution >= 4 is 34.8 Å². The number of aryl methyl sites for hydroxylation is 1. The number of hydrogen-bond acceptors (Lipinski definition) is 3. The molecule has 0 aromatic heterocycles. The van der Waals surface area contributed by atoms with Gasteiger partial charge in [-0.05, 0) is 48.9 Å². The zero-order valence-corrected chi connectivity index (χ0v) is 17.1. The van der Waals surface area contributed by atoms with Crippen LogP contribution in [-0.4, -0.2) is 11.8 Å². The molecule has 0 bridgehead atoms. The van der Waals surface area contributed by atoms with E-state index in [0.717, 1.165) is 51.4 Å². The van der Waals surface area contributed by atoms with Gasteiger partial charge in [0, 0.05) is 4.90 Å². The van der Waals surface area contributed by atoms with Crippen LogP contribution in [0.4, 0.5) is 18.9 Å². The lowest BCUT2D eigenvalue weighted by atomic mass is 10.0. The second-order valence-electron chi connectivity index (χ2n) is 6.98. The third kappa shape index (κ3) is 4.14. The molecule has 4 rings (SSSR count). The Morgan fingerprint density at radius 3 is 1.97 bits per heavy atom. The molecule has 0 unspecified atom stereocenters. The van der Waals surface area contributed by atoms with Gasteiger partial charge in [-0.2, -0.15) is 13.2 Å². The fourth-order valence-electron chi connectivity index (χ4n) is 3.22. The first-order valence-corrected chi connectivity index (χ1v) is 10.2. The topological polar surface area (TPSA) is 37.4 Å². The predicted octanol–water partition coefficient (Wildman–Crippen LogP) is 6.09. The minimum Gasteiger partial charge on any atom is -0.268 e. The molecule has 1 heterocycles. The molecule has 0 saturated carbocycles. The Kier molecular flexibility index (Phi) is 5.45. The summed E-state index contributed by atoms with van der Waals surface area (Å²) < 4.78 is 38.7. The Hall–Kier alpha value is -3.32. The van der Waals surface area contributed by atoms with E-state index in [1.54, 1.807) is 12.1 Å². The summed E-state index contributed by atoms with van der Waals surface area (Å²) in [5.74, 6) is -1.12. The lowest BCUT2D eigenvalue weighted by molar-refractivity contribution is -0.137. The highest BCUT2D eigenvalue weighted by atomic mass is 32.2. The second kappa shape index (κ2) is 8.07. The minimum absolute atomic E-state index is 0.0938. The van der Waals surface area contributed by atoms with Crippen molar-refractivity contribution < 1.29 is 22.8 Å². The molecule has 3 nitrogen and oxygen atoms in total. The van der Waals surface area contributed by atoms with E-state index in [2.05, 4.69) is 0 Å². The molecule has 0 saturated heterocycles. The van der Waals surface area contributed by atoms with E-state index in [1.807, 2.05) is 49.4 Å². The highest BCUT2D eigenvalue weighted by molar-refractivity contribution is 8.04. The Morgan fingerprint density at radius 2 is 1.39 bits per heavy atom. The van der Waals surface area contributed by atoms with Gasteiger partial charge in [-0.1, -0.05) is 59.8 Å². The lowest BCUT2D eigenvalue weighted by Crippen LogP contribution is -2.31. The number of hydrogen-bond donors (Lipinski definition) is 0. The predicted molar refractivity (Wildman–Crippen MR) is 114 cm³/mol. The summed E-state index contributed by atoms with van der Waals surface area (Å²) in [4.78, 5) is 28.5. The van der Waals surface area contributed by atoms with E-state index in [0.29, 0.717) is 5.56 Å². The number of carbonyl (C=O) groups is 2. The SMILES string of the molecule is Cc1ccc(C2=C(Sc3ccccc3)C(=O)N(c3ccc(C(F)(F)F)cc3)C2=O)cc1. The third-order valence-electron chi connectivity index (χ3n) is 4.80. The highest BCUT2D eigenvalue weighted by Crippen LogP contribution is 2.41. The van der Waals surface area contributed by atoms with Crippen molar-refractivity contribution in [2.75, 3.05) is 4.90 Å². The number of carbonyl (C=O) groups excluding carboxylic acids is 2. The highest BCUT2D eigenvalue weighted by Gasteiger charge is 2.41. The summed E-state index contributed by atoms with van der Waals surface area (Å²) in [6.07, 6.45) is -4.50. The average Bonchev–Trinajstić information content (AvgIpc) is 2.98. The summed E-state index contributed by atoms with van der Waals surface area (Å²) >= 11 is 1.16. The zero-order valence-electron chi connectivity index (χ0n) is 16.3. The van der Waals surface area contributed by atoms with Gasteiger partial charge in [-0.15, -0.1) is 0 Å². The van der Waals surface area contributed by atoms with Crippen LogP contribution in [0.2, 0.25) is 0 Å². The standard InChI is InChI=1S/C24H16F3NO2S/c1-15-7-9-16(10-8-15)20-21(31-19-5-3-2-4-6-19)23(30)28(22(20)29)18-13-11-17(12-14-18)24(25,26)27/h2-14H,1H3. The van der Waals surface area contributed by atoms with E-state index < -0.39 is 23.6 Å². The van der Waals surface area contributed by atoms with Gasteiger partial charge in [0.05, 0.1) is 21.7 Å². The van der Waals surface area contributed by atoms with Gasteiger partial charge < -0.3 is 0 Å². The van der Waals surface area contributed by atoms with Gasteiger partial charge >= 0.3 is 6.18 Å².